The first-order chi connectivity index (χ1) is 5.40. The highest BCUT2D eigenvalue weighted by Gasteiger charge is 2.32. The van der Waals surface area contributed by atoms with Crippen LogP contribution in [0, 0.1) is 5.92 Å². The number of nitrogens with zero attached hydrogens (tertiary/aromatic N) is 1. The molecular formula is C8H14N2O. The van der Waals surface area contributed by atoms with E-state index in [-0.39, 0.29) is 0 Å². The summed E-state index contributed by atoms with van der Waals surface area (Å²) in [6.45, 7) is 1.10. The number of hydrogen-bond donors (Lipinski definition) is 1. The molecule has 1 N–H and O–H groups in total. The van der Waals surface area contributed by atoms with Gasteiger partial charge >= 0.3 is 0 Å². The van der Waals surface area contributed by atoms with Crippen LogP contribution in [0.5, 0.6) is 0 Å². The topological polar surface area (TPSA) is 33.6 Å². The van der Waals surface area contributed by atoms with Gasteiger partial charge in [-0.3, -0.25) is 0 Å². The van der Waals surface area contributed by atoms with Gasteiger partial charge in [0.2, 0.25) is 0 Å². The first-order valence-electron chi connectivity index (χ1n) is 4.23. The predicted molar refractivity (Wildman–Crippen MR) is 43.6 cm³/mol. The molecule has 3 nitrogen and oxygen atoms in total. The number of nitrogens with one attached hydrogen (secondary N) is 1. The Morgan fingerprint density at radius 2 is 2.45 bits per heavy atom. The van der Waals surface area contributed by atoms with Crippen molar-refractivity contribution >= 4 is 5.71 Å². The Labute approximate surface area is 66.8 Å². The Morgan fingerprint density at radius 3 is 2.91 bits per heavy atom. The van der Waals surface area contributed by atoms with Crippen molar-refractivity contribution in [3.63, 3.8) is 0 Å². The number of fused-ring (bicyclic) bond motifs is 3. The van der Waals surface area contributed by atoms with E-state index in [2.05, 4.69) is 10.5 Å². The summed E-state index contributed by atoms with van der Waals surface area (Å²) in [5, 5.41) is 7.51. The molecule has 0 aromatic carbocycles. The van der Waals surface area contributed by atoms with E-state index in [4.69, 9.17) is 4.84 Å². The van der Waals surface area contributed by atoms with Crippen molar-refractivity contribution in [3.8, 4) is 0 Å². The highest BCUT2D eigenvalue weighted by atomic mass is 16.6. The fourth-order valence-corrected chi connectivity index (χ4v) is 2.02. The van der Waals surface area contributed by atoms with Crippen molar-refractivity contribution in [2.24, 2.45) is 11.1 Å². The summed E-state index contributed by atoms with van der Waals surface area (Å²) in [5.41, 5.74) is 1.27. The molecule has 3 rings (SSSR count). The van der Waals surface area contributed by atoms with Gasteiger partial charge in [-0.15, -0.1) is 0 Å². The number of oxime groups is 1. The first kappa shape index (κ1) is 7.10. The van der Waals surface area contributed by atoms with Gasteiger partial charge in [-0.05, 0) is 12.8 Å². The third-order valence-electron chi connectivity index (χ3n) is 2.65. The van der Waals surface area contributed by atoms with Gasteiger partial charge in [-0.2, -0.15) is 0 Å². The molecule has 2 saturated heterocycles. The summed E-state index contributed by atoms with van der Waals surface area (Å²) < 4.78 is 0. The summed E-state index contributed by atoms with van der Waals surface area (Å²) in [6.07, 6.45) is 3.70. The van der Waals surface area contributed by atoms with Crippen molar-refractivity contribution < 1.29 is 4.84 Å². The molecular weight excluding hydrogens is 140 g/mol. The molecule has 1 saturated carbocycles. The summed E-state index contributed by atoms with van der Waals surface area (Å²) in [5.74, 6) is 0.653. The quantitative estimate of drug-likeness (QED) is 0.566. The average Bonchev–Trinajstić information content (AvgIpc) is 2.07. The molecule has 2 unspecified atom stereocenters. The van der Waals surface area contributed by atoms with Crippen molar-refractivity contribution in [2.45, 2.75) is 25.3 Å². The molecule has 2 heterocycles. The van der Waals surface area contributed by atoms with E-state index in [0.29, 0.717) is 12.0 Å². The Bertz CT molecular complexity index is 171. The van der Waals surface area contributed by atoms with Crippen LogP contribution in [-0.2, 0) is 4.84 Å². The van der Waals surface area contributed by atoms with Gasteiger partial charge in [0, 0.05) is 24.9 Å². The van der Waals surface area contributed by atoms with Crippen LogP contribution in [0.25, 0.3) is 0 Å². The van der Waals surface area contributed by atoms with Gasteiger partial charge in [0.1, 0.15) is 7.11 Å². The summed E-state index contributed by atoms with van der Waals surface area (Å²) in [6, 6.07) is 0.675. The van der Waals surface area contributed by atoms with Crippen molar-refractivity contribution in [1.29, 1.82) is 0 Å². The molecule has 3 aliphatic rings. The molecule has 3 heteroatoms. The van der Waals surface area contributed by atoms with Crippen LogP contribution in [0.15, 0.2) is 5.16 Å². The lowest BCUT2D eigenvalue weighted by atomic mass is 9.80. The van der Waals surface area contributed by atoms with Crippen molar-refractivity contribution in [2.75, 3.05) is 13.7 Å². The second-order valence-corrected chi connectivity index (χ2v) is 3.35. The molecule has 0 aromatic rings. The highest BCUT2D eigenvalue weighted by molar-refractivity contribution is 5.88. The van der Waals surface area contributed by atoms with Crippen LogP contribution in [-0.4, -0.2) is 25.4 Å². The van der Waals surface area contributed by atoms with E-state index in [1.54, 1.807) is 7.11 Å². The normalized spacial score (nSPS) is 39.5. The van der Waals surface area contributed by atoms with Crippen LogP contribution in [0.4, 0.5) is 0 Å². The molecule has 0 amide bonds. The zero-order valence-corrected chi connectivity index (χ0v) is 6.84. The minimum absolute atomic E-state index is 0.653. The predicted octanol–water partition coefficient (Wildman–Crippen LogP) is 0.761. The molecule has 62 valence electrons. The number of hydrogen-bond acceptors (Lipinski definition) is 3. The fourth-order valence-electron chi connectivity index (χ4n) is 2.02. The van der Waals surface area contributed by atoms with E-state index in [1.807, 2.05) is 0 Å². The Morgan fingerprint density at radius 1 is 1.55 bits per heavy atom. The second kappa shape index (κ2) is 2.81. The Balaban J connectivity index is 2.08. The molecule has 2 aliphatic heterocycles. The SMILES string of the molecule is CON=C1CC2CCC1CN2. The van der Waals surface area contributed by atoms with E-state index in [1.165, 1.54) is 18.6 Å². The molecule has 1 aliphatic carbocycles. The van der Waals surface area contributed by atoms with Gasteiger partial charge in [0.15, 0.2) is 0 Å². The molecule has 2 bridgehead atoms. The lowest BCUT2D eigenvalue weighted by Gasteiger charge is -2.37. The summed E-state index contributed by atoms with van der Waals surface area (Å²) in [4.78, 5) is 4.79. The van der Waals surface area contributed by atoms with Crippen molar-refractivity contribution in [1.82, 2.24) is 5.32 Å². The van der Waals surface area contributed by atoms with E-state index >= 15 is 0 Å². The van der Waals surface area contributed by atoms with Crippen LogP contribution in [0.2, 0.25) is 0 Å². The van der Waals surface area contributed by atoms with Crippen LogP contribution in [0.1, 0.15) is 19.3 Å². The maximum atomic E-state index is 4.79. The molecule has 0 aromatic heterocycles. The minimum atomic E-state index is 0.653. The van der Waals surface area contributed by atoms with Crippen LogP contribution >= 0.6 is 0 Å². The standard InChI is InChI=1S/C8H14N2O/c1-11-10-8-4-7-3-2-6(8)5-9-7/h6-7,9H,2-5H2,1H3. The fraction of sp³-hybridized carbons (Fsp3) is 0.875. The van der Waals surface area contributed by atoms with Gasteiger partial charge in [-0.1, -0.05) is 5.16 Å². The average molecular weight is 154 g/mol. The van der Waals surface area contributed by atoms with Crippen molar-refractivity contribution in [3.05, 3.63) is 0 Å². The number of rotatable bonds is 1. The third-order valence-corrected chi connectivity index (χ3v) is 2.65. The zero-order valence-electron chi connectivity index (χ0n) is 6.84. The minimum Gasteiger partial charge on any atom is -0.399 e. The van der Waals surface area contributed by atoms with Crippen LogP contribution < -0.4 is 5.32 Å². The maximum Gasteiger partial charge on any atom is 0.106 e. The van der Waals surface area contributed by atoms with Gasteiger partial charge in [0.05, 0.1) is 5.71 Å². The lowest BCUT2D eigenvalue weighted by Crippen LogP contribution is -2.49. The second-order valence-electron chi connectivity index (χ2n) is 3.35. The van der Waals surface area contributed by atoms with Gasteiger partial charge in [0.25, 0.3) is 0 Å². The number of piperidine rings is 2. The Kier molecular flexibility index (Phi) is 1.82. The summed E-state index contributed by atoms with van der Waals surface area (Å²) >= 11 is 0. The largest absolute Gasteiger partial charge is 0.399 e. The smallest absolute Gasteiger partial charge is 0.106 e. The summed E-state index contributed by atoms with van der Waals surface area (Å²) in [7, 11) is 1.63. The molecule has 3 fully saturated rings. The molecule has 2 atom stereocenters. The van der Waals surface area contributed by atoms with E-state index in [9.17, 15) is 0 Å². The third kappa shape index (κ3) is 1.25. The van der Waals surface area contributed by atoms with E-state index < -0.39 is 0 Å². The van der Waals surface area contributed by atoms with Gasteiger partial charge in [-0.25, -0.2) is 0 Å². The van der Waals surface area contributed by atoms with Crippen LogP contribution in [0.3, 0.4) is 0 Å². The van der Waals surface area contributed by atoms with Gasteiger partial charge < -0.3 is 10.2 Å². The monoisotopic (exact) mass is 154 g/mol. The highest BCUT2D eigenvalue weighted by Crippen LogP contribution is 2.26. The Hall–Kier alpha value is -0.570. The molecule has 11 heavy (non-hydrogen) atoms. The first-order valence-corrected chi connectivity index (χ1v) is 4.23. The molecule has 0 spiro atoms. The van der Waals surface area contributed by atoms with E-state index in [0.717, 1.165) is 13.0 Å². The maximum absolute atomic E-state index is 4.79. The molecule has 0 radical (unpaired) electrons. The zero-order chi connectivity index (χ0) is 7.68. The lowest BCUT2D eigenvalue weighted by molar-refractivity contribution is 0.202.